The maximum atomic E-state index is 13.3. The van der Waals surface area contributed by atoms with Gasteiger partial charge < -0.3 is 5.32 Å². The van der Waals surface area contributed by atoms with Crippen LogP contribution < -0.4 is 5.32 Å². The number of halogens is 1. The SMILES string of the molecule is CC[C@@H]1CN(S(C)(=O)=O)CC[C@H]1N[C@H](C)c1cccc(F)c1. The molecule has 0 radical (unpaired) electrons. The monoisotopic (exact) mass is 328 g/mol. The van der Waals surface area contributed by atoms with Crippen LogP contribution in [0.5, 0.6) is 0 Å². The molecule has 3 atom stereocenters. The normalized spacial score (nSPS) is 25.1. The Bertz CT molecular complexity index is 606. The van der Waals surface area contributed by atoms with Gasteiger partial charge in [-0.25, -0.2) is 17.1 Å². The fraction of sp³-hybridized carbons (Fsp3) is 0.625. The highest BCUT2D eigenvalue weighted by Gasteiger charge is 2.32. The van der Waals surface area contributed by atoms with Crippen LogP contribution in [0.4, 0.5) is 4.39 Å². The molecule has 6 heteroatoms. The van der Waals surface area contributed by atoms with E-state index in [-0.39, 0.29) is 23.8 Å². The maximum absolute atomic E-state index is 13.3. The topological polar surface area (TPSA) is 49.4 Å². The molecule has 0 aliphatic carbocycles. The van der Waals surface area contributed by atoms with Gasteiger partial charge in [-0.3, -0.25) is 0 Å². The minimum Gasteiger partial charge on any atom is -0.307 e. The summed E-state index contributed by atoms with van der Waals surface area (Å²) in [7, 11) is -3.12. The third kappa shape index (κ3) is 4.27. The number of sulfonamides is 1. The zero-order chi connectivity index (χ0) is 16.3. The molecule has 0 unspecified atom stereocenters. The molecule has 0 saturated carbocycles. The van der Waals surface area contributed by atoms with Crippen LogP contribution in [0.25, 0.3) is 0 Å². The molecule has 0 aromatic heterocycles. The third-order valence-electron chi connectivity index (χ3n) is 4.50. The number of rotatable bonds is 5. The first-order chi connectivity index (χ1) is 10.3. The van der Waals surface area contributed by atoms with Crippen LogP contribution in [0, 0.1) is 11.7 Å². The van der Waals surface area contributed by atoms with E-state index in [4.69, 9.17) is 0 Å². The van der Waals surface area contributed by atoms with Crippen LogP contribution >= 0.6 is 0 Å². The van der Waals surface area contributed by atoms with Gasteiger partial charge in [-0.05, 0) is 37.0 Å². The molecule has 1 fully saturated rings. The molecule has 1 saturated heterocycles. The second-order valence-electron chi connectivity index (χ2n) is 6.13. The molecule has 0 spiro atoms. The predicted octanol–water partition coefficient (Wildman–Crippen LogP) is 2.54. The van der Waals surface area contributed by atoms with Crippen LogP contribution in [-0.2, 0) is 10.0 Å². The van der Waals surface area contributed by atoms with Crippen molar-refractivity contribution in [3.63, 3.8) is 0 Å². The summed E-state index contributed by atoms with van der Waals surface area (Å²) in [5.74, 6) is 0.0459. The summed E-state index contributed by atoms with van der Waals surface area (Å²) in [6, 6.07) is 6.90. The average molecular weight is 328 g/mol. The average Bonchev–Trinajstić information content (AvgIpc) is 2.46. The molecule has 1 heterocycles. The quantitative estimate of drug-likeness (QED) is 0.904. The minimum atomic E-state index is -3.12. The van der Waals surface area contributed by atoms with E-state index in [1.54, 1.807) is 16.4 Å². The van der Waals surface area contributed by atoms with Crippen molar-refractivity contribution in [2.24, 2.45) is 5.92 Å². The van der Waals surface area contributed by atoms with E-state index in [1.165, 1.54) is 12.3 Å². The smallest absolute Gasteiger partial charge is 0.211 e. The fourth-order valence-electron chi connectivity index (χ4n) is 3.13. The lowest BCUT2D eigenvalue weighted by atomic mass is 9.90. The number of nitrogens with zero attached hydrogens (tertiary/aromatic N) is 1. The van der Waals surface area contributed by atoms with Crippen molar-refractivity contribution in [3.8, 4) is 0 Å². The summed E-state index contributed by atoms with van der Waals surface area (Å²) in [5.41, 5.74) is 0.917. The number of hydrogen-bond donors (Lipinski definition) is 1. The summed E-state index contributed by atoms with van der Waals surface area (Å²) in [6.07, 6.45) is 2.97. The summed E-state index contributed by atoms with van der Waals surface area (Å²) in [4.78, 5) is 0. The van der Waals surface area contributed by atoms with E-state index < -0.39 is 10.0 Å². The predicted molar refractivity (Wildman–Crippen MR) is 86.6 cm³/mol. The Morgan fingerprint density at radius 1 is 1.45 bits per heavy atom. The summed E-state index contributed by atoms with van der Waals surface area (Å²) >= 11 is 0. The molecule has 22 heavy (non-hydrogen) atoms. The first kappa shape index (κ1) is 17.4. The first-order valence-electron chi connectivity index (χ1n) is 7.78. The molecule has 1 N–H and O–H groups in total. The van der Waals surface area contributed by atoms with E-state index in [2.05, 4.69) is 12.2 Å². The van der Waals surface area contributed by atoms with Gasteiger partial charge in [0, 0.05) is 25.2 Å². The molecule has 1 aromatic carbocycles. The van der Waals surface area contributed by atoms with E-state index >= 15 is 0 Å². The van der Waals surface area contributed by atoms with Crippen molar-refractivity contribution in [2.45, 2.75) is 38.8 Å². The van der Waals surface area contributed by atoms with Gasteiger partial charge in [-0.2, -0.15) is 0 Å². The number of piperidine rings is 1. The highest BCUT2D eigenvalue weighted by atomic mass is 32.2. The van der Waals surface area contributed by atoms with Crippen LogP contribution in [0.3, 0.4) is 0 Å². The van der Waals surface area contributed by atoms with E-state index in [9.17, 15) is 12.8 Å². The molecule has 2 rings (SSSR count). The minimum absolute atomic E-state index is 0.0412. The third-order valence-corrected chi connectivity index (χ3v) is 5.77. The second-order valence-corrected chi connectivity index (χ2v) is 8.11. The lowest BCUT2D eigenvalue weighted by Crippen LogP contribution is -2.51. The van der Waals surface area contributed by atoms with Crippen molar-refractivity contribution < 1.29 is 12.8 Å². The van der Waals surface area contributed by atoms with E-state index in [0.29, 0.717) is 13.1 Å². The van der Waals surface area contributed by atoms with Crippen LogP contribution in [0.15, 0.2) is 24.3 Å². The van der Waals surface area contributed by atoms with E-state index in [1.807, 2.05) is 13.0 Å². The summed E-state index contributed by atoms with van der Waals surface area (Å²) in [5, 5.41) is 3.55. The molecule has 0 amide bonds. The standard InChI is InChI=1S/C16H25FN2O2S/c1-4-13-11-19(22(3,20)21)9-8-16(13)18-12(2)14-6-5-7-15(17)10-14/h5-7,10,12-13,16,18H,4,8-9,11H2,1-3H3/t12-,13-,16-/m1/s1. The van der Waals surface area contributed by atoms with Gasteiger partial charge in [-0.1, -0.05) is 25.5 Å². The fourth-order valence-corrected chi connectivity index (χ4v) is 4.03. The van der Waals surface area contributed by atoms with Gasteiger partial charge in [-0.15, -0.1) is 0 Å². The van der Waals surface area contributed by atoms with Crippen LogP contribution in [0.2, 0.25) is 0 Å². The Kier molecular flexibility index (Phi) is 5.58. The van der Waals surface area contributed by atoms with Gasteiger partial charge in [0.25, 0.3) is 0 Å². The summed E-state index contributed by atoms with van der Waals surface area (Å²) < 4.78 is 38.3. The maximum Gasteiger partial charge on any atom is 0.211 e. The Labute approximate surface area is 132 Å². The largest absolute Gasteiger partial charge is 0.307 e. The molecule has 4 nitrogen and oxygen atoms in total. The molecule has 124 valence electrons. The summed E-state index contributed by atoms with van der Waals surface area (Å²) in [6.45, 7) is 5.20. The molecule has 0 bridgehead atoms. The highest BCUT2D eigenvalue weighted by molar-refractivity contribution is 7.88. The first-order valence-corrected chi connectivity index (χ1v) is 9.62. The van der Waals surface area contributed by atoms with Crippen molar-refractivity contribution in [1.82, 2.24) is 9.62 Å². The Morgan fingerprint density at radius 2 is 2.18 bits per heavy atom. The lowest BCUT2D eigenvalue weighted by molar-refractivity contribution is 0.193. The molecule has 1 aliphatic heterocycles. The van der Waals surface area contributed by atoms with Gasteiger partial charge in [0.2, 0.25) is 10.0 Å². The van der Waals surface area contributed by atoms with Crippen LogP contribution in [-0.4, -0.2) is 38.1 Å². The molecular weight excluding hydrogens is 303 g/mol. The van der Waals surface area contributed by atoms with Crippen LogP contribution in [0.1, 0.15) is 38.3 Å². The van der Waals surface area contributed by atoms with Gasteiger partial charge >= 0.3 is 0 Å². The van der Waals surface area contributed by atoms with Crippen molar-refractivity contribution >= 4 is 10.0 Å². The van der Waals surface area contributed by atoms with Gasteiger partial charge in [0.05, 0.1) is 6.26 Å². The second kappa shape index (κ2) is 7.06. The number of hydrogen-bond acceptors (Lipinski definition) is 3. The zero-order valence-corrected chi connectivity index (χ0v) is 14.2. The van der Waals surface area contributed by atoms with Crippen molar-refractivity contribution in [2.75, 3.05) is 19.3 Å². The van der Waals surface area contributed by atoms with Gasteiger partial charge in [0.15, 0.2) is 0 Å². The van der Waals surface area contributed by atoms with Gasteiger partial charge in [0.1, 0.15) is 5.82 Å². The number of benzene rings is 1. The Morgan fingerprint density at radius 3 is 2.77 bits per heavy atom. The Balaban J connectivity index is 2.03. The number of nitrogens with one attached hydrogen (secondary N) is 1. The van der Waals surface area contributed by atoms with Crippen molar-refractivity contribution in [1.29, 1.82) is 0 Å². The van der Waals surface area contributed by atoms with E-state index in [0.717, 1.165) is 18.4 Å². The molecule has 1 aliphatic rings. The highest BCUT2D eigenvalue weighted by Crippen LogP contribution is 2.25. The lowest BCUT2D eigenvalue weighted by Gasteiger charge is -2.38. The molecule has 1 aromatic rings. The molecular formula is C16H25FN2O2S. The Hall–Kier alpha value is -0.980. The zero-order valence-electron chi connectivity index (χ0n) is 13.4. The van der Waals surface area contributed by atoms with Crippen molar-refractivity contribution in [3.05, 3.63) is 35.6 Å².